The van der Waals surface area contributed by atoms with E-state index in [4.69, 9.17) is 0 Å². The van der Waals surface area contributed by atoms with Crippen LogP contribution in [0, 0.1) is 0 Å². The molecule has 1 saturated heterocycles. The third-order valence-corrected chi connectivity index (χ3v) is 5.79. The maximum Gasteiger partial charge on any atom is 0.317 e. The minimum Gasteiger partial charge on any atom is -0.342 e. The minimum atomic E-state index is 0.0641. The summed E-state index contributed by atoms with van der Waals surface area (Å²) in [7, 11) is 0. The average molecular weight is 332 g/mol. The lowest BCUT2D eigenvalue weighted by Gasteiger charge is -2.37. The molecular weight excluding hydrogens is 308 g/mol. The third-order valence-electron chi connectivity index (χ3n) is 4.45. The second-order valence-electron chi connectivity index (χ2n) is 6.05. The maximum absolute atomic E-state index is 12.3. The second-order valence-corrected chi connectivity index (χ2v) is 7.53. The average Bonchev–Trinajstić information content (AvgIpc) is 2.96. The summed E-state index contributed by atoms with van der Waals surface area (Å²) in [6.45, 7) is 5.84. The van der Waals surface area contributed by atoms with Gasteiger partial charge in [-0.05, 0) is 25.5 Å². The predicted octanol–water partition coefficient (Wildman–Crippen LogP) is 3.03. The predicted molar refractivity (Wildman–Crippen MR) is 95.9 cm³/mol. The molecule has 0 radical (unpaired) electrons. The minimum absolute atomic E-state index is 0.0641. The molecule has 2 atom stereocenters. The number of aryl methyl sites for hydroxylation is 1. The highest BCUT2D eigenvalue weighted by Gasteiger charge is 2.28. The van der Waals surface area contributed by atoms with Gasteiger partial charge in [-0.25, -0.2) is 9.78 Å². The Bertz CT molecular complexity index is 638. The first kappa shape index (κ1) is 16.2. The fourth-order valence-electron chi connectivity index (χ4n) is 2.90. The van der Waals surface area contributed by atoms with Gasteiger partial charge in [0.05, 0.1) is 11.0 Å². The van der Waals surface area contributed by atoms with Crippen LogP contribution in [0.2, 0.25) is 0 Å². The number of hydrogen-bond acceptors (Lipinski definition) is 3. The van der Waals surface area contributed by atoms with Gasteiger partial charge in [0.1, 0.15) is 5.82 Å². The molecule has 2 N–H and O–H groups in total. The number of hydrogen-bond donors (Lipinski definition) is 2. The number of aromatic nitrogens is 2. The first-order chi connectivity index (χ1) is 11.1. The summed E-state index contributed by atoms with van der Waals surface area (Å²) in [4.78, 5) is 22.1. The number of thioether (sulfide) groups is 1. The number of rotatable bonds is 4. The summed E-state index contributed by atoms with van der Waals surface area (Å²) in [6.07, 6.45) is 1.73. The number of benzene rings is 1. The highest BCUT2D eigenvalue weighted by molar-refractivity contribution is 8.00. The van der Waals surface area contributed by atoms with Crippen LogP contribution < -0.4 is 5.32 Å². The summed E-state index contributed by atoms with van der Waals surface area (Å²) < 4.78 is 0. The van der Waals surface area contributed by atoms with Gasteiger partial charge >= 0.3 is 6.03 Å². The van der Waals surface area contributed by atoms with Gasteiger partial charge in [-0.2, -0.15) is 11.8 Å². The molecular formula is C17H24N4OS. The molecule has 1 aromatic carbocycles. The van der Waals surface area contributed by atoms with Crippen LogP contribution >= 0.6 is 11.8 Å². The van der Waals surface area contributed by atoms with Gasteiger partial charge < -0.3 is 15.2 Å². The van der Waals surface area contributed by atoms with E-state index in [0.717, 1.165) is 42.0 Å². The lowest BCUT2D eigenvalue weighted by atomic mass is 10.2. The van der Waals surface area contributed by atoms with Crippen LogP contribution in [0.1, 0.15) is 26.1 Å². The molecule has 0 aliphatic carbocycles. The highest BCUT2D eigenvalue weighted by atomic mass is 32.2. The van der Waals surface area contributed by atoms with E-state index in [2.05, 4.69) is 29.1 Å². The van der Waals surface area contributed by atoms with Gasteiger partial charge in [0.25, 0.3) is 0 Å². The summed E-state index contributed by atoms with van der Waals surface area (Å²) in [6, 6.07) is 8.40. The third kappa shape index (κ3) is 3.80. The van der Waals surface area contributed by atoms with Gasteiger partial charge in [-0.1, -0.05) is 19.1 Å². The summed E-state index contributed by atoms with van der Waals surface area (Å²) >= 11 is 1.94. The molecule has 0 unspecified atom stereocenters. The molecule has 5 nitrogen and oxygen atoms in total. The first-order valence-electron chi connectivity index (χ1n) is 8.25. The fourth-order valence-corrected chi connectivity index (χ4v) is 4.00. The number of nitrogens with one attached hydrogen (secondary N) is 2. The Morgan fingerprint density at radius 1 is 1.43 bits per heavy atom. The van der Waals surface area contributed by atoms with Crippen LogP contribution in [-0.4, -0.2) is 51.0 Å². The summed E-state index contributed by atoms with van der Waals surface area (Å²) in [5, 5.41) is 3.55. The van der Waals surface area contributed by atoms with Crippen molar-refractivity contribution < 1.29 is 4.79 Å². The zero-order valence-electron chi connectivity index (χ0n) is 13.7. The zero-order valence-corrected chi connectivity index (χ0v) is 14.5. The molecule has 2 heterocycles. The van der Waals surface area contributed by atoms with Crippen molar-refractivity contribution in [2.45, 2.75) is 38.0 Å². The number of urea groups is 1. The van der Waals surface area contributed by atoms with E-state index in [1.165, 1.54) is 0 Å². The van der Waals surface area contributed by atoms with Crippen molar-refractivity contribution in [2.24, 2.45) is 0 Å². The number of fused-ring (bicyclic) bond motifs is 1. The van der Waals surface area contributed by atoms with Crippen molar-refractivity contribution >= 4 is 28.8 Å². The Kier molecular flexibility index (Phi) is 5.10. The molecule has 3 rings (SSSR count). The lowest BCUT2D eigenvalue weighted by Crippen LogP contribution is -2.52. The number of para-hydroxylation sites is 2. The van der Waals surface area contributed by atoms with Crippen LogP contribution in [0.4, 0.5) is 4.79 Å². The Balaban J connectivity index is 1.45. The van der Waals surface area contributed by atoms with E-state index in [9.17, 15) is 4.79 Å². The van der Waals surface area contributed by atoms with Crippen molar-refractivity contribution in [2.75, 3.05) is 18.8 Å². The van der Waals surface area contributed by atoms with Gasteiger partial charge in [-0.15, -0.1) is 0 Å². The Hall–Kier alpha value is -1.69. The topological polar surface area (TPSA) is 61.0 Å². The van der Waals surface area contributed by atoms with Crippen molar-refractivity contribution in [3.63, 3.8) is 0 Å². The van der Waals surface area contributed by atoms with Crippen molar-refractivity contribution in [3.05, 3.63) is 30.1 Å². The molecule has 0 spiro atoms. The number of imidazole rings is 1. The van der Waals surface area contributed by atoms with Crippen molar-refractivity contribution in [1.29, 1.82) is 0 Å². The van der Waals surface area contributed by atoms with Crippen LogP contribution in [-0.2, 0) is 6.42 Å². The van der Waals surface area contributed by atoms with Gasteiger partial charge in [0.2, 0.25) is 0 Å². The van der Waals surface area contributed by atoms with Crippen LogP contribution in [0.3, 0.4) is 0 Å². The SMILES string of the molecule is C[C@H]1SCCN(C(=O)NCCCc2nc3ccccc3[nH]2)[C@H]1C. The molecule has 6 heteroatoms. The largest absolute Gasteiger partial charge is 0.342 e. The van der Waals surface area contributed by atoms with Crippen molar-refractivity contribution in [3.8, 4) is 0 Å². The van der Waals surface area contributed by atoms with Gasteiger partial charge in [0.15, 0.2) is 0 Å². The molecule has 0 bridgehead atoms. The molecule has 1 fully saturated rings. The van der Waals surface area contributed by atoms with Crippen LogP contribution in [0.5, 0.6) is 0 Å². The van der Waals surface area contributed by atoms with E-state index >= 15 is 0 Å². The number of H-pyrrole nitrogens is 1. The summed E-state index contributed by atoms with van der Waals surface area (Å²) in [5.41, 5.74) is 2.07. The molecule has 1 aromatic heterocycles. The monoisotopic (exact) mass is 332 g/mol. The van der Waals surface area contributed by atoms with Gasteiger partial charge in [-0.3, -0.25) is 0 Å². The highest BCUT2D eigenvalue weighted by Crippen LogP contribution is 2.24. The van der Waals surface area contributed by atoms with Crippen LogP contribution in [0.15, 0.2) is 24.3 Å². The quantitative estimate of drug-likeness (QED) is 0.846. The van der Waals surface area contributed by atoms with Crippen LogP contribution in [0.25, 0.3) is 11.0 Å². The zero-order chi connectivity index (χ0) is 16.2. The molecule has 2 amide bonds. The molecule has 0 saturated carbocycles. The number of carbonyl (C=O) groups is 1. The molecule has 1 aliphatic rings. The Labute approximate surface area is 141 Å². The number of aromatic amines is 1. The normalized spacial score (nSPS) is 21.6. The van der Waals surface area contributed by atoms with Crippen molar-refractivity contribution in [1.82, 2.24) is 20.2 Å². The summed E-state index contributed by atoms with van der Waals surface area (Å²) in [5.74, 6) is 2.01. The Morgan fingerprint density at radius 3 is 3.09 bits per heavy atom. The van der Waals surface area contributed by atoms with E-state index in [1.54, 1.807) is 0 Å². The first-order valence-corrected chi connectivity index (χ1v) is 9.29. The van der Waals surface area contributed by atoms with E-state index in [1.807, 2.05) is 40.9 Å². The van der Waals surface area contributed by atoms with Gasteiger partial charge in [0, 0.05) is 36.6 Å². The fraction of sp³-hybridized carbons (Fsp3) is 0.529. The molecule has 1 aliphatic heterocycles. The van der Waals surface area contributed by atoms with E-state index in [0.29, 0.717) is 17.8 Å². The molecule has 23 heavy (non-hydrogen) atoms. The smallest absolute Gasteiger partial charge is 0.317 e. The lowest BCUT2D eigenvalue weighted by molar-refractivity contribution is 0.180. The Morgan fingerprint density at radius 2 is 2.26 bits per heavy atom. The number of carbonyl (C=O) groups excluding carboxylic acids is 1. The standard InChI is InChI=1S/C17H24N4OS/c1-12-13(2)23-11-10-21(12)17(22)18-9-5-8-16-19-14-6-3-4-7-15(14)20-16/h3-4,6-7,12-13H,5,8-11H2,1-2H3,(H,18,22)(H,19,20)/t12-,13+/m0/s1. The number of amides is 2. The molecule has 2 aromatic rings. The van der Waals surface area contributed by atoms with E-state index in [-0.39, 0.29) is 6.03 Å². The molecule has 124 valence electrons. The maximum atomic E-state index is 12.3. The second kappa shape index (κ2) is 7.25. The van der Waals surface area contributed by atoms with E-state index < -0.39 is 0 Å². The number of nitrogens with zero attached hydrogens (tertiary/aromatic N) is 2.